The van der Waals surface area contributed by atoms with Crippen molar-refractivity contribution >= 4 is 0 Å². The summed E-state index contributed by atoms with van der Waals surface area (Å²) < 4.78 is 5.40. The molecule has 2 rings (SSSR count). The average molecular weight is 258 g/mol. The Morgan fingerprint density at radius 1 is 1.26 bits per heavy atom. The van der Waals surface area contributed by atoms with E-state index in [0.29, 0.717) is 6.04 Å². The molecule has 0 saturated heterocycles. The van der Waals surface area contributed by atoms with Crippen LogP contribution in [0.25, 0.3) is 0 Å². The van der Waals surface area contributed by atoms with Gasteiger partial charge in [-0.2, -0.15) is 5.26 Å². The third-order valence-electron chi connectivity index (χ3n) is 4.11. The van der Waals surface area contributed by atoms with E-state index in [9.17, 15) is 0 Å². The van der Waals surface area contributed by atoms with Crippen LogP contribution < -0.4 is 4.74 Å². The number of nitrogens with zero attached hydrogens (tertiary/aromatic N) is 2. The van der Waals surface area contributed by atoms with Crippen LogP contribution in [0.5, 0.6) is 5.75 Å². The van der Waals surface area contributed by atoms with Gasteiger partial charge in [0, 0.05) is 24.1 Å². The molecule has 1 aromatic rings. The summed E-state index contributed by atoms with van der Waals surface area (Å²) in [7, 11) is 3.89. The van der Waals surface area contributed by atoms with Gasteiger partial charge in [0.1, 0.15) is 5.75 Å². The molecule has 0 amide bonds. The summed E-state index contributed by atoms with van der Waals surface area (Å²) in [6.45, 7) is 0.909. The quantitative estimate of drug-likeness (QED) is 0.832. The van der Waals surface area contributed by atoms with Crippen molar-refractivity contribution < 1.29 is 4.74 Å². The number of hydrogen-bond donors (Lipinski definition) is 0. The Labute approximate surface area is 115 Å². The molecule has 1 aliphatic rings. The highest BCUT2D eigenvalue weighted by Crippen LogP contribution is 2.28. The van der Waals surface area contributed by atoms with Gasteiger partial charge < -0.3 is 4.74 Å². The molecule has 1 saturated carbocycles. The van der Waals surface area contributed by atoms with Crippen molar-refractivity contribution in [3.8, 4) is 11.8 Å². The molecule has 0 aliphatic heterocycles. The second-order valence-corrected chi connectivity index (χ2v) is 5.36. The standard InChI is InChI=1S/C16H22N2O/c1-18(15-9-7-13(11-17)8-10-15)12-14-5-3-4-6-16(14)19-2/h3-6,13,15H,7-10,12H2,1-2H3. The van der Waals surface area contributed by atoms with Crippen molar-refractivity contribution in [3.63, 3.8) is 0 Å². The molecule has 1 aliphatic carbocycles. The van der Waals surface area contributed by atoms with Gasteiger partial charge in [-0.15, -0.1) is 0 Å². The first kappa shape index (κ1) is 13.9. The molecule has 0 aromatic heterocycles. The molecule has 3 heteroatoms. The maximum Gasteiger partial charge on any atom is 0.123 e. The molecule has 19 heavy (non-hydrogen) atoms. The van der Waals surface area contributed by atoms with Gasteiger partial charge >= 0.3 is 0 Å². The minimum Gasteiger partial charge on any atom is -0.496 e. The SMILES string of the molecule is COc1ccccc1CN(C)C1CCC(C#N)CC1. The molecule has 0 radical (unpaired) electrons. The number of ether oxygens (including phenoxy) is 1. The smallest absolute Gasteiger partial charge is 0.123 e. The third-order valence-corrected chi connectivity index (χ3v) is 4.11. The molecule has 0 bridgehead atoms. The van der Waals surface area contributed by atoms with E-state index in [1.54, 1.807) is 7.11 Å². The van der Waals surface area contributed by atoms with Gasteiger partial charge in [-0.3, -0.25) is 4.90 Å². The molecular weight excluding hydrogens is 236 g/mol. The van der Waals surface area contributed by atoms with Crippen LogP contribution >= 0.6 is 0 Å². The van der Waals surface area contributed by atoms with Gasteiger partial charge in [-0.1, -0.05) is 18.2 Å². The normalized spacial score (nSPS) is 23.1. The van der Waals surface area contributed by atoms with Crippen molar-refractivity contribution in [1.29, 1.82) is 5.26 Å². The molecule has 0 spiro atoms. The summed E-state index contributed by atoms with van der Waals surface area (Å²) in [6, 6.07) is 11.2. The summed E-state index contributed by atoms with van der Waals surface area (Å²) in [5.74, 6) is 1.23. The largest absolute Gasteiger partial charge is 0.496 e. The van der Waals surface area contributed by atoms with Gasteiger partial charge in [0.15, 0.2) is 0 Å². The van der Waals surface area contributed by atoms with Crippen LogP contribution in [0.2, 0.25) is 0 Å². The van der Waals surface area contributed by atoms with Gasteiger partial charge in [0.25, 0.3) is 0 Å². The van der Waals surface area contributed by atoms with E-state index in [-0.39, 0.29) is 5.92 Å². The van der Waals surface area contributed by atoms with E-state index in [1.807, 2.05) is 12.1 Å². The fourth-order valence-corrected chi connectivity index (χ4v) is 2.88. The zero-order chi connectivity index (χ0) is 13.7. The highest BCUT2D eigenvalue weighted by Gasteiger charge is 2.24. The number of methoxy groups -OCH3 is 1. The van der Waals surface area contributed by atoms with E-state index >= 15 is 0 Å². The summed E-state index contributed by atoms with van der Waals surface area (Å²) in [4.78, 5) is 2.39. The maximum absolute atomic E-state index is 8.94. The molecule has 0 unspecified atom stereocenters. The lowest BCUT2D eigenvalue weighted by molar-refractivity contribution is 0.170. The fraction of sp³-hybridized carbons (Fsp3) is 0.562. The molecule has 3 nitrogen and oxygen atoms in total. The predicted molar refractivity (Wildman–Crippen MR) is 75.8 cm³/mol. The second kappa shape index (κ2) is 6.58. The van der Waals surface area contributed by atoms with Gasteiger partial charge in [0.05, 0.1) is 13.2 Å². The summed E-state index contributed by atoms with van der Waals surface area (Å²) in [6.07, 6.45) is 4.34. The first-order valence-corrected chi connectivity index (χ1v) is 6.96. The molecule has 0 N–H and O–H groups in total. The van der Waals surface area contributed by atoms with Crippen LogP contribution in [0.3, 0.4) is 0 Å². The second-order valence-electron chi connectivity index (χ2n) is 5.36. The Morgan fingerprint density at radius 3 is 2.58 bits per heavy atom. The number of hydrogen-bond acceptors (Lipinski definition) is 3. The van der Waals surface area contributed by atoms with Crippen LogP contribution in [-0.2, 0) is 6.54 Å². The summed E-state index contributed by atoms with van der Waals surface area (Å²) in [5.41, 5.74) is 1.23. The molecular formula is C16H22N2O. The number of rotatable bonds is 4. The number of nitriles is 1. The van der Waals surface area contributed by atoms with Crippen LogP contribution in [0.4, 0.5) is 0 Å². The minimum atomic E-state index is 0.274. The highest BCUT2D eigenvalue weighted by atomic mass is 16.5. The van der Waals surface area contributed by atoms with Crippen LogP contribution in [-0.4, -0.2) is 25.1 Å². The molecule has 0 heterocycles. The molecule has 0 atom stereocenters. The topological polar surface area (TPSA) is 36.3 Å². The molecule has 1 aromatic carbocycles. The van der Waals surface area contributed by atoms with Crippen molar-refractivity contribution in [1.82, 2.24) is 4.90 Å². The number of para-hydroxylation sites is 1. The molecule has 102 valence electrons. The Balaban J connectivity index is 1.94. The van der Waals surface area contributed by atoms with E-state index in [4.69, 9.17) is 10.00 Å². The first-order valence-electron chi connectivity index (χ1n) is 6.96. The van der Waals surface area contributed by atoms with E-state index in [2.05, 4.69) is 30.1 Å². The Hall–Kier alpha value is -1.53. The Bertz CT molecular complexity index is 444. The van der Waals surface area contributed by atoms with E-state index < -0.39 is 0 Å². The van der Waals surface area contributed by atoms with Gasteiger partial charge in [-0.05, 0) is 38.8 Å². The number of benzene rings is 1. The Kier molecular flexibility index (Phi) is 4.81. The average Bonchev–Trinajstić information content (AvgIpc) is 2.48. The van der Waals surface area contributed by atoms with Crippen molar-refractivity contribution in [2.24, 2.45) is 5.92 Å². The molecule has 1 fully saturated rings. The van der Waals surface area contributed by atoms with Crippen molar-refractivity contribution in [2.45, 2.75) is 38.3 Å². The van der Waals surface area contributed by atoms with Crippen LogP contribution in [0.15, 0.2) is 24.3 Å². The van der Waals surface area contributed by atoms with Crippen LogP contribution in [0.1, 0.15) is 31.2 Å². The van der Waals surface area contributed by atoms with Crippen LogP contribution in [0, 0.1) is 17.2 Å². The minimum absolute atomic E-state index is 0.274. The lowest BCUT2D eigenvalue weighted by Crippen LogP contribution is -2.34. The highest BCUT2D eigenvalue weighted by molar-refractivity contribution is 5.33. The fourth-order valence-electron chi connectivity index (χ4n) is 2.88. The van der Waals surface area contributed by atoms with E-state index in [1.165, 1.54) is 5.56 Å². The predicted octanol–water partition coefficient (Wildman–Crippen LogP) is 3.21. The zero-order valence-electron chi connectivity index (χ0n) is 11.8. The van der Waals surface area contributed by atoms with E-state index in [0.717, 1.165) is 38.0 Å². The first-order chi connectivity index (χ1) is 9.24. The monoisotopic (exact) mass is 258 g/mol. The lowest BCUT2D eigenvalue weighted by atomic mass is 9.86. The summed E-state index contributed by atoms with van der Waals surface area (Å²) in [5, 5.41) is 8.94. The maximum atomic E-state index is 8.94. The third kappa shape index (κ3) is 3.48. The van der Waals surface area contributed by atoms with Gasteiger partial charge in [0.2, 0.25) is 0 Å². The zero-order valence-corrected chi connectivity index (χ0v) is 11.8. The van der Waals surface area contributed by atoms with Gasteiger partial charge in [-0.25, -0.2) is 0 Å². The van der Waals surface area contributed by atoms with Crippen molar-refractivity contribution in [2.75, 3.05) is 14.2 Å². The lowest BCUT2D eigenvalue weighted by Gasteiger charge is -2.33. The van der Waals surface area contributed by atoms with Crippen molar-refractivity contribution in [3.05, 3.63) is 29.8 Å². The summed E-state index contributed by atoms with van der Waals surface area (Å²) >= 11 is 0. The Morgan fingerprint density at radius 2 is 1.95 bits per heavy atom.